The van der Waals surface area contributed by atoms with Gasteiger partial charge in [0.2, 0.25) is 29.5 Å². The van der Waals surface area contributed by atoms with E-state index in [1.54, 1.807) is 31.7 Å². The van der Waals surface area contributed by atoms with Crippen molar-refractivity contribution in [3.8, 4) is 0 Å². The normalized spacial score (nSPS) is 12.5. The Balaban J connectivity index is 2.10. The number of nitrogens with two attached hydrogens (primary N) is 2. The highest BCUT2D eigenvalue weighted by Gasteiger charge is 2.33. The number of carbonyl (C=O) groups excluding carboxylic acids is 10. The summed E-state index contributed by atoms with van der Waals surface area (Å²) in [5.41, 5.74) is 11.1. The molecule has 0 fully saturated rings. The van der Waals surface area contributed by atoms with Crippen LogP contribution in [0.2, 0.25) is 0 Å². The zero-order chi connectivity index (χ0) is 62.8. The molecule has 0 aliphatic carbocycles. The molecule has 0 aliphatic rings. The molecule has 5 amide bonds. The second kappa shape index (κ2) is 49.5. The van der Waals surface area contributed by atoms with Gasteiger partial charge in [0.1, 0.15) is 29.0 Å². The number of nitrogens with zero attached hydrogens (tertiary/aromatic N) is 2. The van der Waals surface area contributed by atoms with Crippen molar-refractivity contribution in [3.63, 3.8) is 0 Å². The van der Waals surface area contributed by atoms with Crippen LogP contribution < -0.4 is 70.0 Å². The number of ketones is 3. The van der Waals surface area contributed by atoms with Crippen LogP contribution in [0, 0.1) is 23.7 Å². The average molecular weight is 1220 g/mol. The van der Waals surface area contributed by atoms with Crippen LogP contribution >= 0.6 is 0 Å². The SMILES string of the molecule is CCCCNC(=O)C(CC(=O)CC(CC(=O)C(CC(=O)CC(CC)C(=O)NCCNCCNCCC(=O)OCCc1ncc[nH]1)CC(=O)NCCNCCNCCC(=O)OCCc1ncc[nH]1)C(=O)NCCNCCN)CC(=O)NCCNCCN. The Morgan fingerprint density at radius 3 is 1.24 bits per heavy atom. The van der Waals surface area contributed by atoms with E-state index in [1.807, 2.05) is 6.92 Å². The van der Waals surface area contributed by atoms with Gasteiger partial charge in [-0.1, -0.05) is 20.3 Å². The molecule has 2 aromatic rings. The maximum atomic E-state index is 14.5. The second-order valence-electron chi connectivity index (χ2n) is 20.7. The maximum absolute atomic E-state index is 14.5. The zero-order valence-corrected chi connectivity index (χ0v) is 50.8. The summed E-state index contributed by atoms with van der Waals surface area (Å²) in [5, 5.41) is 32.8. The minimum absolute atomic E-state index is 0.124. The summed E-state index contributed by atoms with van der Waals surface area (Å²) in [6, 6.07) is 0. The van der Waals surface area contributed by atoms with Crippen LogP contribution in [0.4, 0.5) is 0 Å². The third-order valence-electron chi connectivity index (χ3n) is 13.5. The van der Waals surface area contributed by atoms with Gasteiger partial charge in [-0.15, -0.1) is 0 Å². The molecule has 4 unspecified atom stereocenters. The maximum Gasteiger partial charge on any atom is 0.307 e. The molecule has 17 N–H and O–H groups in total. The zero-order valence-electron chi connectivity index (χ0n) is 50.8. The summed E-state index contributed by atoms with van der Waals surface area (Å²) in [7, 11) is 0. The first-order valence-electron chi connectivity index (χ1n) is 30.5. The highest BCUT2D eigenvalue weighted by atomic mass is 16.5. The lowest BCUT2D eigenvalue weighted by atomic mass is 9.83. The van der Waals surface area contributed by atoms with E-state index in [2.05, 4.69) is 78.4 Å². The highest BCUT2D eigenvalue weighted by Crippen LogP contribution is 2.23. The van der Waals surface area contributed by atoms with Crippen LogP contribution in [-0.4, -0.2) is 216 Å². The molecule has 0 spiro atoms. The molecule has 486 valence electrons. The van der Waals surface area contributed by atoms with Crippen LogP contribution in [0.25, 0.3) is 0 Å². The lowest BCUT2D eigenvalue weighted by molar-refractivity contribution is -0.144. The predicted molar refractivity (Wildman–Crippen MR) is 323 cm³/mol. The van der Waals surface area contributed by atoms with Crippen molar-refractivity contribution < 1.29 is 57.4 Å². The summed E-state index contributed by atoms with van der Waals surface area (Å²) in [4.78, 5) is 148. The molecule has 0 saturated carbocycles. The molecule has 0 radical (unpaired) electrons. The van der Waals surface area contributed by atoms with Gasteiger partial charge in [-0.25, -0.2) is 9.97 Å². The number of aromatic nitrogens is 4. The molecule has 29 nitrogen and oxygen atoms in total. The first-order valence-corrected chi connectivity index (χ1v) is 30.5. The summed E-state index contributed by atoms with van der Waals surface area (Å²) in [6.07, 6.45) is 7.03. The fourth-order valence-electron chi connectivity index (χ4n) is 8.68. The molecule has 0 aromatic carbocycles. The van der Waals surface area contributed by atoms with Gasteiger partial charge in [0, 0.05) is 219 Å². The topological polar surface area (TPSA) is 431 Å². The Hall–Kier alpha value is -6.60. The van der Waals surface area contributed by atoms with Gasteiger partial charge in [0.05, 0.1) is 37.9 Å². The van der Waals surface area contributed by atoms with Crippen molar-refractivity contribution in [2.24, 2.45) is 35.1 Å². The summed E-state index contributed by atoms with van der Waals surface area (Å²) in [6.45, 7) is 11.6. The molecule has 4 atom stereocenters. The molecule has 0 aliphatic heterocycles. The first-order chi connectivity index (χ1) is 41.7. The minimum Gasteiger partial charge on any atom is -0.465 e. The molecule has 2 aromatic heterocycles. The fraction of sp³-hybridized carbons (Fsp3) is 0.719. The largest absolute Gasteiger partial charge is 0.465 e. The van der Waals surface area contributed by atoms with Crippen molar-refractivity contribution >= 4 is 58.8 Å². The predicted octanol–water partition coefficient (Wildman–Crippen LogP) is -3.07. The Bertz CT molecular complexity index is 2220. The van der Waals surface area contributed by atoms with E-state index in [0.717, 1.165) is 18.1 Å². The number of imidazole rings is 2. The van der Waals surface area contributed by atoms with Crippen molar-refractivity contribution in [3.05, 3.63) is 36.4 Å². The van der Waals surface area contributed by atoms with Gasteiger partial charge in [0.15, 0.2) is 0 Å². The van der Waals surface area contributed by atoms with Crippen LogP contribution in [0.3, 0.4) is 0 Å². The van der Waals surface area contributed by atoms with E-state index in [1.165, 1.54) is 0 Å². The van der Waals surface area contributed by atoms with E-state index in [-0.39, 0.29) is 82.9 Å². The van der Waals surface area contributed by atoms with Crippen molar-refractivity contribution in [2.75, 3.05) is 138 Å². The van der Waals surface area contributed by atoms with Crippen LogP contribution in [0.5, 0.6) is 0 Å². The molecule has 2 rings (SSSR count). The van der Waals surface area contributed by atoms with Crippen molar-refractivity contribution in [1.82, 2.24) is 78.4 Å². The Kier molecular flexibility index (Phi) is 43.5. The number of carbonyl (C=O) groups is 10. The summed E-state index contributed by atoms with van der Waals surface area (Å²) >= 11 is 0. The molecule has 0 bridgehead atoms. The minimum atomic E-state index is -1.27. The smallest absolute Gasteiger partial charge is 0.307 e. The Morgan fingerprint density at radius 2 is 0.814 bits per heavy atom. The van der Waals surface area contributed by atoms with Crippen LogP contribution in [-0.2, 0) is 70.3 Å². The molecule has 29 heteroatoms. The lowest BCUT2D eigenvalue weighted by Crippen LogP contribution is -2.41. The number of rotatable bonds is 56. The van der Waals surface area contributed by atoms with E-state index in [4.69, 9.17) is 20.9 Å². The number of Topliss-reactive ketones (excluding diaryl/α,β-unsaturated/α-hetero) is 3. The van der Waals surface area contributed by atoms with Crippen molar-refractivity contribution in [1.29, 1.82) is 0 Å². The van der Waals surface area contributed by atoms with E-state index in [9.17, 15) is 47.9 Å². The number of unbranched alkanes of at least 4 members (excludes halogenated alkanes) is 1. The van der Waals surface area contributed by atoms with Gasteiger partial charge < -0.3 is 89.4 Å². The molecular weight excluding hydrogens is 1110 g/mol. The monoisotopic (exact) mass is 1220 g/mol. The van der Waals surface area contributed by atoms with E-state index >= 15 is 0 Å². The van der Waals surface area contributed by atoms with Gasteiger partial charge >= 0.3 is 11.9 Å². The molecule has 2 heterocycles. The van der Waals surface area contributed by atoms with E-state index in [0.29, 0.717) is 124 Å². The van der Waals surface area contributed by atoms with Gasteiger partial charge in [-0.2, -0.15) is 0 Å². The van der Waals surface area contributed by atoms with Crippen LogP contribution in [0.1, 0.15) is 103 Å². The van der Waals surface area contributed by atoms with Gasteiger partial charge in [0.25, 0.3) is 0 Å². The number of ether oxygens (including phenoxy) is 2. The number of aromatic amines is 2. The van der Waals surface area contributed by atoms with Gasteiger partial charge in [-0.05, 0) is 12.8 Å². The van der Waals surface area contributed by atoms with Crippen molar-refractivity contribution in [2.45, 2.75) is 104 Å². The fourth-order valence-corrected chi connectivity index (χ4v) is 8.68. The standard InChI is InChI=1S/C57H101N17O12/c1-3-5-12-72-57(84)45(41-52(79)71-25-21-62-15-10-58)38-47(76)37-44(56(83)74-27-23-63-16-11-59)39-48(77)43(40-51(78)70-26-22-64-19-17-60-13-6-53(80)85-33-8-49-66-29-30-67-49)36-46(75)35-42(4-2)55(82)73-28-24-65-20-18-61-14-7-54(81)86-34-9-50-68-31-32-69-50/h29-32,42-45,60-65H,3-28,33-41,58-59H2,1-2H3,(H,66,67)(H,68,69)(H,70,78)(H,71,79)(H,72,84)(H,73,82)(H,74,83). The number of hydrogen-bond donors (Lipinski definition) is 15. The lowest BCUT2D eigenvalue weighted by Gasteiger charge is -2.22. The third-order valence-corrected chi connectivity index (χ3v) is 13.5. The molecule has 0 saturated heterocycles. The number of H-pyrrole nitrogens is 2. The summed E-state index contributed by atoms with van der Waals surface area (Å²) < 4.78 is 10.5. The number of nitrogens with one attached hydrogen (secondary N) is 13. The number of amides is 5. The Morgan fingerprint density at radius 1 is 0.442 bits per heavy atom. The molecule has 86 heavy (non-hydrogen) atoms. The quantitative estimate of drug-likeness (QED) is 0.0231. The van der Waals surface area contributed by atoms with E-state index < -0.39 is 96.8 Å². The average Bonchev–Trinajstić information content (AvgIpc) is 4.28. The second-order valence-corrected chi connectivity index (χ2v) is 20.7. The first kappa shape index (κ1) is 75.5. The summed E-state index contributed by atoms with van der Waals surface area (Å²) in [5.74, 6) is -7.60. The van der Waals surface area contributed by atoms with Gasteiger partial charge in [-0.3, -0.25) is 47.9 Å². The Labute approximate surface area is 506 Å². The third kappa shape index (κ3) is 38.4. The molecular formula is C57H101N17O12. The number of hydrogen-bond acceptors (Lipinski definition) is 22. The van der Waals surface area contributed by atoms with Crippen LogP contribution in [0.15, 0.2) is 24.8 Å². The number of esters is 2. The highest BCUT2D eigenvalue weighted by molar-refractivity contribution is 5.97.